The number of nitrogens with one attached hydrogen (secondary N) is 1. The van der Waals surface area contributed by atoms with Crippen LogP contribution in [0.25, 0.3) is 0 Å². The van der Waals surface area contributed by atoms with Gasteiger partial charge in [0.25, 0.3) is 5.69 Å². The van der Waals surface area contributed by atoms with Gasteiger partial charge in [0, 0.05) is 12.0 Å². The lowest BCUT2D eigenvalue weighted by atomic mass is 9.75. The smallest absolute Gasteiger partial charge is 0.337 e. The highest BCUT2D eigenvalue weighted by molar-refractivity contribution is 5.97. The standard InChI is InChI=1S/C19H16N2O4/c22-19(23)14-9-10-15(21(24)25)16-12-7-4-8-13(12)17(20-18(14)16)11-5-2-1-3-6-11/h1-7,9-10,12-13,17,20H,8H2,(H,22,23)/t12-,13-,17-/m1/s1. The number of fused-ring (bicyclic) bond motifs is 3. The van der Waals surface area contributed by atoms with Gasteiger partial charge in [-0.05, 0) is 24.0 Å². The van der Waals surface area contributed by atoms with Gasteiger partial charge in [0.15, 0.2) is 0 Å². The fourth-order valence-corrected chi connectivity index (χ4v) is 4.02. The summed E-state index contributed by atoms with van der Waals surface area (Å²) in [5.74, 6) is -1.13. The Morgan fingerprint density at radius 1 is 1.20 bits per heavy atom. The van der Waals surface area contributed by atoms with Crippen LogP contribution in [0.3, 0.4) is 0 Å². The number of benzene rings is 2. The lowest BCUT2D eigenvalue weighted by Crippen LogP contribution is -2.30. The van der Waals surface area contributed by atoms with Gasteiger partial charge in [-0.2, -0.15) is 0 Å². The third-order valence-corrected chi connectivity index (χ3v) is 5.08. The Morgan fingerprint density at radius 2 is 1.96 bits per heavy atom. The Balaban J connectivity index is 1.93. The van der Waals surface area contributed by atoms with E-state index in [-0.39, 0.29) is 29.1 Å². The second-order valence-corrected chi connectivity index (χ2v) is 6.37. The largest absolute Gasteiger partial charge is 0.478 e. The summed E-state index contributed by atoms with van der Waals surface area (Å²) in [6, 6.07) is 12.3. The van der Waals surface area contributed by atoms with Gasteiger partial charge >= 0.3 is 5.97 Å². The molecule has 1 heterocycles. The van der Waals surface area contributed by atoms with Crippen LogP contribution in [0.15, 0.2) is 54.6 Å². The van der Waals surface area contributed by atoms with E-state index >= 15 is 0 Å². The number of hydrogen-bond donors (Lipinski definition) is 2. The molecule has 0 radical (unpaired) electrons. The average molecular weight is 336 g/mol. The van der Waals surface area contributed by atoms with E-state index in [0.717, 1.165) is 12.0 Å². The topological polar surface area (TPSA) is 92.5 Å². The summed E-state index contributed by atoms with van der Waals surface area (Å²) >= 11 is 0. The van der Waals surface area contributed by atoms with Gasteiger partial charge in [-0.3, -0.25) is 10.1 Å². The zero-order valence-corrected chi connectivity index (χ0v) is 13.3. The number of carboxylic acids is 1. The number of allylic oxidation sites excluding steroid dienone is 2. The van der Waals surface area contributed by atoms with Crippen molar-refractivity contribution in [2.45, 2.75) is 18.4 Å². The molecule has 2 aromatic carbocycles. The van der Waals surface area contributed by atoms with Crippen LogP contribution in [0, 0.1) is 16.0 Å². The number of anilines is 1. The van der Waals surface area contributed by atoms with Crippen LogP contribution in [0.5, 0.6) is 0 Å². The predicted molar refractivity (Wildman–Crippen MR) is 92.8 cm³/mol. The second kappa shape index (κ2) is 5.73. The van der Waals surface area contributed by atoms with Crippen LogP contribution in [-0.4, -0.2) is 16.0 Å². The summed E-state index contributed by atoms with van der Waals surface area (Å²) < 4.78 is 0. The average Bonchev–Trinajstić information content (AvgIpc) is 3.10. The zero-order valence-electron chi connectivity index (χ0n) is 13.3. The van der Waals surface area contributed by atoms with E-state index in [1.165, 1.54) is 12.1 Å². The van der Waals surface area contributed by atoms with Crippen molar-refractivity contribution in [3.8, 4) is 0 Å². The minimum atomic E-state index is -1.09. The molecular formula is C19H16N2O4. The molecule has 2 aromatic rings. The van der Waals surface area contributed by atoms with Crippen LogP contribution in [0.2, 0.25) is 0 Å². The Morgan fingerprint density at radius 3 is 2.64 bits per heavy atom. The summed E-state index contributed by atoms with van der Waals surface area (Å²) in [6.45, 7) is 0. The Hall–Kier alpha value is -3.15. The number of nitro groups is 1. The first-order valence-corrected chi connectivity index (χ1v) is 8.10. The second-order valence-electron chi connectivity index (χ2n) is 6.37. The predicted octanol–water partition coefficient (Wildman–Crippen LogP) is 4.12. The van der Waals surface area contributed by atoms with Crippen molar-refractivity contribution in [3.63, 3.8) is 0 Å². The van der Waals surface area contributed by atoms with Crippen molar-refractivity contribution >= 4 is 17.3 Å². The van der Waals surface area contributed by atoms with E-state index in [4.69, 9.17) is 0 Å². The highest BCUT2D eigenvalue weighted by atomic mass is 16.6. The number of rotatable bonds is 3. The normalized spacial score (nSPS) is 23.4. The van der Waals surface area contributed by atoms with Crippen molar-refractivity contribution in [1.82, 2.24) is 0 Å². The summed E-state index contributed by atoms with van der Waals surface area (Å²) in [6.07, 6.45) is 4.79. The van der Waals surface area contributed by atoms with Crippen molar-refractivity contribution in [3.05, 3.63) is 81.4 Å². The SMILES string of the molecule is O=C(O)c1ccc([N+](=O)[O-])c2c1N[C@H](c1ccccc1)[C@@H]1CC=C[C@@H]21. The maximum atomic E-state index is 11.7. The molecule has 6 nitrogen and oxygen atoms in total. The number of carboxylic acid groups (broad SMARTS) is 1. The lowest BCUT2D eigenvalue weighted by Gasteiger charge is -2.37. The molecule has 2 aliphatic rings. The van der Waals surface area contributed by atoms with Crippen molar-refractivity contribution in [2.24, 2.45) is 5.92 Å². The fraction of sp³-hybridized carbons (Fsp3) is 0.211. The lowest BCUT2D eigenvalue weighted by molar-refractivity contribution is -0.385. The molecule has 0 spiro atoms. The molecule has 0 fully saturated rings. The van der Waals surface area contributed by atoms with Crippen molar-refractivity contribution < 1.29 is 14.8 Å². The Kier molecular flexibility index (Phi) is 3.53. The molecule has 3 atom stereocenters. The molecule has 0 bridgehead atoms. The minimum Gasteiger partial charge on any atom is -0.478 e. The number of nitro benzene ring substituents is 1. The number of carbonyl (C=O) groups is 1. The molecule has 0 saturated heterocycles. The van der Waals surface area contributed by atoms with E-state index < -0.39 is 10.9 Å². The van der Waals surface area contributed by atoms with Gasteiger partial charge in [0.2, 0.25) is 0 Å². The maximum Gasteiger partial charge on any atom is 0.337 e. The highest BCUT2D eigenvalue weighted by Gasteiger charge is 2.43. The molecule has 1 aliphatic heterocycles. The van der Waals surface area contributed by atoms with Crippen LogP contribution < -0.4 is 5.32 Å². The van der Waals surface area contributed by atoms with Gasteiger partial charge in [0.1, 0.15) is 0 Å². The third-order valence-electron chi connectivity index (χ3n) is 5.08. The van der Waals surface area contributed by atoms with E-state index in [9.17, 15) is 20.0 Å². The van der Waals surface area contributed by atoms with Crippen molar-refractivity contribution in [2.75, 3.05) is 5.32 Å². The van der Waals surface area contributed by atoms with Gasteiger partial charge in [0.05, 0.1) is 27.8 Å². The number of aromatic carboxylic acids is 1. The molecule has 0 unspecified atom stereocenters. The first-order valence-electron chi connectivity index (χ1n) is 8.10. The monoisotopic (exact) mass is 336 g/mol. The van der Waals surface area contributed by atoms with Crippen LogP contribution >= 0.6 is 0 Å². The van der Waals surface area contributed by atoms with E-state index in [2.05, 4.69) is 5.32 Å². The summed E-state index contributed by atoms with van der Waals surface area (Å²) in [5.41, 5.74) is 1.94. The van der Waals surface area contributed by atoms with Gasteiger partial charge in [-0.1, -0.05) is 42.5 Å². The van der Waals surface area contributed by atoms with Crippen LogP contribution in [0.1, 0.15) is 39.9 Å². The Labute approximate surface area is 144 Å². The van der Waals surface area contributed by atoms with Crippen molar-refractivity contribution in [1.29, 1.82) is 0 Å². The molecule has 6 heteroatoms. The van der Waals surface area contributed by atoms with Crippen LogP contribution in [0.4, 0.5) is 11.4 Å². The van der Waals surface area contributed by atoms with Gasteiger partial charge in [-0.15, -0.1) is 0 Å². The van der Waals surface area contributed by atoms with E-state index in [1.54, 1.807) is 0 Å². The molecule has 2 N–H and O–H groups in total. The third kappa shape index (κ3) is 2.38. The molecule has 0 saturated carbocycles. The highest BCUT2D eigenvalue weighted by Crippen LogP contribution is 2.53. The number of hydrogen-bond acceptors (Lipinski definition) is 4. The fourth-order valence-electron chi connectivity index (χ4n) is 4.02. The zero-order chi connectivity index (χ0) is 17.6. The molecule has 25 heavy (non-hydrogen) atoms. The molecular weight excluding hydrogens is 320 g/mol. The molecule has 4 rings (SSSR count). The maximum absolute atomic E-state index is 11.7. The van der Waals surface area contributed by atoms with Crippen LogP contribution in [-0.2, 0) is 0 Å². The summed E-state index contributed by atoms with van der Waals surface area (Å²) in [7, 11) is 0. The first-order chi connectivity index (χ1) is 12.1. The summed E-state index contributed by atoms with van der Waals surface area (Å²) in [4.78, 5) is 22.7. The van der Waals surface area contributed by atoms with Gasteiger partial charge < -0.3 is 10.4 Å². The quantitative estimate of drug-likeness (QED) is 0.500. The van der Waals surface area contributed by atoms with E-state index in [0.29, 0.717) is 11.3 Å². The van der Waals surface area contributed by atoms with E-state index in [1.807, 2.05) is 42.5 Å². The summed E-state index contributed by atoms with van der Waals surface area (Å²) in [5, 5.41) is 24.3. The molecule has 0 amide bonds. The first kappa shape index (κ1) is 15.4. The Bertz CT molecular complexity index is 892. The molecule has 1 aliphatic carbocycles. The van der Waals surface area contributed by atoms with Gasteiger partial charge in [-0.25, -0.2) is 4.79 Å². The number of nitrogens with zero attached hydrogens (tertiary/aromatic N) is 1. The molecule has 0 aromatic heterocycles. The molecule has 126 valence electrons. The minimum absolute atomic E-state index is 0.0273.